The smallest absolute Gasteiger partial charge is 0.144 e. The monoisotopic (exact) mass is 230 g/mol. The van der Waals surface area contributed by atoms with Crippen molar-refractivity contribution in [3.05, 3.63) is 26.9 Å². The Kier molecular flexibility index (Phi) is 2.48. The molecule has 4 heteroatoms. The number of aromatic nitrogens is 1. The predicted octanol–water partition coefficient (Wildman–Crippen LogP) is 2.68. The fourth-order valence-corrected chi connectivity index (χ4v) is 1.21. The first-order chi connectivity index (χ1) is 5.16. The Labute approximate surface area is 77.9 Å². The van der Waals surface area contributed by atoms with Crippen LogP contribution in [0.2, 0.25) is 5.02 Å². The van der Waals surface area contributed by atoms with Crippen LogP contribution in [0.3, 0.4) is 0 Å². The third kappa shape index (κ3) is 1.52. The lowest BCUT2D eigenvalue weighted by atomic mass is 10.2. The molecule has 0 aliphatic carbocycles. The number of hydrogen-bond acceptors (Lipinski definition) is 2. The first-order valence-electron chi connectivity index (χ1n) is 2.87. The van der Waals surface area contributed by atoms with Crippen LogP contribution in [-0.4, -0.2) is 4.98 Å². The summed E-state index contributed by atoms with van der Waals surface area (Å²) in [6.07, 6.45) is 1.52. The van der Waals surface area contributed by atoms with Gasteiger partial charge in [-0.2, -0.15) is 5.26 Å². The van der Waals surface area contributed by atoms with E-state index in [1.54, 1.807) is 6.92 Å². The molecule has 0 radical (unpaired) electrons. The van der Waals surface area contributed by atoms with E-state index in [1.165, 1.54) is 6.20 Å². The lowest BCUT2D eigenvalue weighted by molar-refractivity contribution is 1.20. The molecule has 0 aromatic carbocycles. The number of nitrogens with zero attached hydrogens (tertiary/aromatic N) is 2. The van der Waals surface area contributed by atoms with Gasteiger partial charge in [0.15, 0.2) is 0 Å². The maximum Gasteiger partial charge on any atom is 0.144 e. The molecule has 0 atom stereocenters. The minimum absolute atomic E-state index is 0.373. The molecule has 0 bridgehead atoms. The van der Waals surface area contributed by atoms with Crippen molar-refractivity contribution in [3.8, 4) is 6.07 Å². The molecule has 0 aliphatic heterocycles. The zero-order valence-electron chi connectivity index (χ0n) is 5.73. The van der Waals surface area contributed by atoms with Crippen molar-refractivity contribution in [1.82, 2.24) is 4.98 Å². The van der Waals surface area contributed by atoms with Gasteiger partial charge >= 0.3 is 0 Å². The maximum atomic E-state index is 8.55. The first kappa shape index (κ1) is 8.51. The summed E-state index contributed by atoms with van der Waals surface area (Å²) in [5.74, 6) is 0. The van der Waals surface area contributed by atoms with Crippen molar-refractivity contribution in [1.29, 1.82) is 5.26 Å². The zero-order chi connectivity index (χ0) is 8.43. The molecule has 0 saturated carbocycles. The Hall–Kier alpha value is -0.590. The lowest BCUT2D eigenvalue weighted by Crippen LogP contribution is -1.88. The van der Waals surface area contributed by atoms with Crippen molar-refractivity contribution < 1.29 is 0 Å². The molecular formula is C7H4BrClN2. The highest BCUT2D eigenvalue weighted by Crippen LogP contribution is 2.25. The van der Waals surface area contributed by atoms with Crippen molar-refractivity contribution >= 4 is 27.5 Å². The molecule has 0 unspecified atom stereocenters. The molecule has 0 saturated heterocycles. The second-order valence-corrected chi connectivity index (χ2v) is 3.24. The normalized spacial score (nSPS) is 9.27. The van der Waals surface area contributed by atoms with Crippen LogP contribution in [0.1, 0.15) is 11.3 Å². The van der Waals surface area contributed by atoms with Gasteiger partial charge in [-0.1, -0.05) is 11.6 Å². The molecule has 0 aliphatic rings. The van der Waals surface area contributed by atoms with Crippen LogP contribution in [0, 0.1) is 18.3 Å². The quantitative estimate of drug-likeness (QED) is 0.688. The van der Waals surface area contributed by atoms with Gasteiger partial charge in [-0.15, -0.1) is 0 Å². The average molecular weight is 231 g/mol. The van der Waals surface area contributed by atoms with Crippen LogP contribution in [0.25, 0.3) is 0 Å². The van der Waals surface area contributed by atoms with Crippen molar-refractivity contribution in [2.45, 2.75) is 6.92 Å². The van der Waals surface area contributed by atoms with E-state index in [0.717, 1.165) is 4.47 Å². The average Bonchev–Trinajstić information content (AvgIpc) is 2.01. The van der Waals surface area contributed by atoms with Crippen LogP contribution < -0.4 is 0 Å². The third-order valence-corrected chi connectivity index (χ3v) is 2.62. The number of hydrogen-bond donors (Lipinski definition) is 0. The highest BCUT2D eigenvalue weighted by atomic mass is 79.9. The largest absolute Gasteiger partial charge is 0.244 e. The second-order valence-electron chi connectivity index (χ2n) is 2.01. The summed E-state index contributed by atoms with van der Waals surface area (Å²) >= 11 is 9.03. The van der Waals surface area contributed by atoms with Crippen LogP contribution in [0.15, 0.2) is 10.7 Å². The highest BCUT2D eigenvalue weighted by Gasteiger charge is 2.05. The van der Waals surface area contributed by atoms with E-state index in [1.807, 2.05) is 6.07 Å². The summed E-state index contributed by atoms with van der Waals surface area (Å²) in [7, 11) is 0. The Balaban J connectivity index is 3.40. The Morgan fingerprint density at radius 3 is 2.91 bits per heavy atom. The summed E-state index contributed by atoms with van der Waals surface area (Å²) in [6, 6.07) is 1.95. The van der Waals surface area contributed by atoms with E-state index in [9.17, 15) is 0 Å². The minimum Gasteiger partial charge on any atom is -0.244 e. The van der Waals surface area contributed by atoms with Crippen molar-refractivity contribution in [2.24, 2.45) is 0 Å². The summed E-state index contributed by atoms with van der Waals surface area (Å²) in [5, 5.41) is 9.10. The first-order valence-corrected chi connectivity index (χ1v) is 4.04. The maximum absolute atomic E-state index is 8.55. The molecule has 1 rings (SSSR count). The third-order valence-electron chi connectivity index (χ3n) is 1.31. The fourth-order valence-electron chi connectivity index (χ4n) is 0.671. The Morgan fingerprint density at radius 1 is 1.73 bits per heavy atom. The van der Waals surface area contributed by atoms with E-state index in [-0.39, 0.29) is 0 Å². The molecule has 0 spiro atoms. The standard InChI is InChI=1S/C7H4BrClN2/c1-4-6(2-10)11-3-5(8)7(4)9/h3H,1H3. The molecule has 0 fully saturated rings. The van der Waals surface area contributed by atoms with Crippen LogP contribution in [-0.2, 0) is 0 Å². The van der Waals surface area contributed by atoms with E-state index in [2.05, 4.69) is 20.9 Å². The van der Waals surface area contributed by atoms with Gasteiger partial charge in [-0.05, 0) is 22.9 Å². The molecule has 1 heterocycles. The van der Waals surface area contributed by atoms with Gasteiger partial charge in [-0.3, -0.25) is 0 Å². The SMILES string of the molecule is Cc1c(C#N)ncc(Br)c1Cl. The van der Waals surface area contributed by atoms with E-state index >= 15 is 0 Å². The molecule has 11 heavy (non-hydrogen) atoms. The summed E-state index contributed by atoms with van der Waals surface area (Å²) in [5.41, 5.74) is 1.08. The van der Waals surface area contributed by atoms with E-state index < -0.39 is 0 Å². The van der Waals surface area contributed by atoms with E-state index in [4.69, 9.17) is 16.9 Å². The Morgan fingerprint density at radius 2 is 2.36 bits per heavy atom. The van der Waals surface area contributed by atoms with E-state index in [0.29, 0.717) is 16.3 Å². The lowest BCUT2D eigenvalue weighted by Gasteiger charge is -1.99. The number of pyridine rings is 1. The molecule has 56 valence electrons. The van der Waals surface area contributed by atoms with Gasteiger partial charge in [0.2, 0.25) is 0 Å². The number of halogens is 2. The molecule has 1 aromatic heterocycles. The number of rotatable bonds is 0. The second kappa shape index (κ2) is 3.21. The van der Waals surface area contributed by atoms with Gasteiger partial charge in [0.1, 0.15) is 11.8 Å². The predicted molar refractivity (Wildman–Crippen MR) is 46.4 cm³/mol. The summed E-state index contributed by atoms with van der Waals surface area (Å²) in [4.78, 5) is 3.86. The topological polar surface area (TPSA) is 36.7 Å². The molecular weight excluding hydrogens is 227 g/mol. The van der Waals surface area contributed by atoms with Crippen LogP contribution in [0.5, 0.6) is 0 Å². The van der Waals surface area contributed by atoms with Gasteiger partial charge in [0, 0.05) is 11.8 Å². The fraction of sp³-hybridized carbons (Fsp3) is 0.143. The van der Waals surface area contributed by atoms with Crippen molar-refractivity contribution in [2.75, 3.05) is 0 Å². The van der Waals surface area contributed by atoms with Gasteiger partial charge < -0.3 is 0 Å². The Bertz CT molecular complexity index is 330. The van der Waals surface area contributed by atoms with Crippen LogP contribution >= 0.6 is 27.5 Å². The molecule has 0 N–H and O–H groups in total. The minimum atomic E-state index is 0.373. The zero-order valence-corrected chi connectivity index (χ0v) is 8.07. The van der Waals surface area contributed by atoms with Crippen LogP contribution in [0.4, 0.5) is 0 Å². The summed E-state index contributed by atoms with van der Waals surface area (Å²) < 4.78 is 0.718. The van der Waals surface area contributed by atoms with Gasteiger partial charge in [-0.25, -0.2) is 4.98 Å². The molecule has 0 amide bonds. The summed E-state index contributed by atoms with van der Waals surface area (Å²) in [6.45, 7) is 1.76. The van der Waals surface area contributed by atoms with Gasteiger partial charge in [0.25, 0.3) is 0 Å². The van der Waals surface area contributed by atoms with Crippen molar-refractivity contribution in [3.63, 3.8) is 0 Å². The molecule has 2 nitrogen and oxygen atoms in total. The highest BCUT2D eigenvalue weighted by molar-refractivity contribution is 9.10. The molecule has 1 aromatic rings. The number of nitriles is 1. The van der Waals surface area contributed by atoms with Gasteiger partial charge in [0.05, 0.1) is 9.50 Å².